The van der Waals surface area contributed by atoms with E-state index in [0.29, 0.717) is 21.3 Å². The van der Waals surface area contributed by atoms with Crippen LogP contribution in [0.25, 0.3) is 0 Å². The molecule has 1 aromatic heterocycles. The molecule has 2 rings (SSSR count). The summed E-state index contributed by atoms with van der Waals surface area (Å²) in [4.78, 5) is 10.8. The lowest BCUT2D eigenvalue weighted by Gasteiger charge is -2.18. The van der Waals surface area contributed by atoms with E-state index in [-0.39, 0.29) is 0 Å². The van der Waals surface area contributed by atoms with E-state index in [9.17, 15) is 0 Å². The second-order valence-electron chi connectivity index (χ2n) is 4.00. The Bertz CT molecular complexity index is 633. The van der Waals surface area contributed by atoms with Gasteiger partial charge in [-0.3, -0.25) is 0 Å². The van der Waals surface area contributed by atoms with Crippen molar-refractivity contribution in [2.75, 3.05) is 19.1 Å². The van der Waals surface area contributed by atoms with Crippen LogP contribution in [-0.4, -0.2) is 29.1 Å². The highest BCUT2D eigenvalue weighted by Crippen LogP contribution is 2.26. The topological polar surface area (TPSA) is 64.3 Å². The van der Waals surface area contributed by atoms with Gasteiger partial charge in [-0.05, 0) is 40.2 Å². The quantitative estimate of drug-likeness (QED) is 0.853. The van der Waals surface area contributed by atoms with Crippen molar-refractivity contribution < 1.29 is 4.74 Å². The van der Waals surface area contributed by atoms with E-state index in [0.717, 1.165) is 11.3 Å². The standard InChI is InChI=1S/C13H13BrN4OS/c1-18(9-5-3-8(4-6-9)11(15)20)13-16-7-10(14)12(17-13)19-2/h3-7H,1-2H3,(H2,15,20). The van der Waals surface area contributed by atoms with Crippen LogP contribution >= 0.6 is 28.1 Å². The Morgan fingerprint density at radius 3 is 2.55 bits per heavy atom. The van der Waals surface area contributed by atoms with Crippen molar-refractivity contribution in [2.24, 2.45) is 5.73 Å². The maximum absolute atomic E-state index is 5.58. The summed E-state index contributed by atoms with van der Waals surface area (Å²) in [6.07, 6.45) is 1.65. The summed E-state index contributed by atoms with van der Waals surface area (Å²) in [7, 11) is 3.44. The van der Waals surface area contributed by atoms with E-state index in [1.807, 2.05) is 36.2 Å². The summed E-state index contributed by atoms with van der Waals surface area (Å²) in [5.41, 5.74) is 7.33. The largest absolute Gasteiger partial charge is 0.480 e. The molecular weight excluding hydrogens is 340 g/mol. The van der Waals surface area contributed by atoms with Crippen LogP contribution in [-0.2, 0) is 0 Å². The molecule has 2 N–H and O–H groups in total. The zero-order valence-corrected chi connectivity index (χ0v) is 13.4. The number of nitrogens with two attached hydrogens (primary N) is 1. The maximum atomic E-state index is 5.58. The molecule has 0 saturated heterocycles. The highest BCUT2D eigenvalue weighted by molar-refractivity contribution is 9.10. The van der Waals surface area contributed by atoms with Crippen LogP contribution in [0.3, 0.4) is 0 Å². The van der Waals surface area contributed by atoms with E-state index in [1.165, 1.54) is 0 Å². The summed E-state index contributed by atoms with van der Waals surface area (Å²) in [6, 6.07) is 7.55. The molecule has 0 unspecified atom stereocenters. The van der Waals surface area contributed by atoms with Crippen molar-refractivity contribution in [3.8, 4) is 5.88 Å². The molecule has 0 bridgehead atoms. The Kier molecular flexibility index (Phi) is 4.51. The Hall–Kier alpha value is -1.73. The Morgan fingerprint density at radius 1 is 1.35 bits per heavy atom. The van der Waals surface area contributed by atoms with Crippen molar-refractivity contribution >= 4 is 44.8 Å². The highest BCUT2D eigenvalue weighted by atomic mass is 79.9. The van der Waals surface area contributed by atoms with E-state index in [4.69, 9.17) is 22.7 Å². The summed E-state index contributed by atoms with van der Waals surface area (Å²) in [6.45, 7) is 0. The van der Waals surface area contributed by atoms with Crippen LogP contribution in [0.1, 0.15) is 5.56 Å². The number of ether oxygens (including phenoxy) is 1. The average Bonchev–Trinajstić information content (AvgIpc) is 2.47. The lowest BCUT2D eigenvalue weighted by atomic mass is 10.2. The van der Waals surface area contributed by atoms with Gasteiger partial charge in [0, 0.05) is 18.3 Å². The smallest absolute Gasteiger partial charge is 0.232 e. The Morgan fingerprint density at radius 2 is 2.00 bits per heavy atom. The molecule has 0 aliphatic rings. The fraction of sp³-hybridized carbons (Fsp3) is 0.154. The lowest BCUT2D eigenvalue weighted by molar-refractivity contribution is 0.394. The molecule has 0 fully saturated rings. The lowest BCUT2D eigenvalue weighted by Crippen LogP contribution is -2.14. The minimum Gasteiger partial charge on any atom is -0.480 e. The average molecular weight is 353 g/mol. The molecule has 0 saturated carbocycles. The number of aromatic nitrogens is 2. The molecule has 0 radical (unpaired) electrons. The minimum absolute atomic E-state index is 0.376. The first-order chi connectivity index (χ1) is 9.52. The van der Waals surface area contributed by atoms with Gasteiger partial charge in [-0.25, -0.2) is 4.98 Å². The molecule has 2 aromatic rings. The monoisotopic (exact) mass is 352 g/mol. The number of benzene rings is 1. The third kappa shape index (κ3) is 3.05. The molecule has 104 valence electrons. The first-order valence-corrected chi connectivity index (χ1v) is 6.93. The molecule has 0 amide bonds. The van der Waals surface area contributed by atoms with Gasteiger partial charge in [0.25, 0.3) is 0 Å². The number of hydrogen-bond acceptors (Lipinski definition) is 5. The van der Waals surface area contributed by atoms with Crippen molar-refractivity contribution in [1.29, 1.82) is 0 Å². The van der Waals surface area contributed by atoms with Crippen molar-refractivity contribution in [2.45, 2.75) is 0 Å². The molecule has 20 heavy (non-hydrogen) atoms. The normalized spacial score (nSPS) is 10.2. The molecule has 0 atom stereocenters. The van der Waals surface area contributed by atoms with Crippen molar-refractivity contribution in [3.05, 3.63) is 40.5 Å². The molecule has 1 aromatic carbocycles. The molecule has 1 heterocycles. The minimum atomic E-state index is 0.376. The van der Waals surface area contributed by atoms with Crippen LogP contribution in [0.2, 0.25) is 0 Å². The maximum Gasteiger partial charge on any atom is 0.232 e. The van der Waals surface area contributed by atoms with Crippen LogP contribution in [0.4, 0.5) is 11.6 Å². The van der Waals surface area contributed by atoms with Gasteiger partial charge in [0.05, 0.1) is 17.8 Å². The summed E-state index contributed by atoms with van der Waals surface area (Å²) < 4.78 is 5.87. The third-order valence-corrected chi connectivity index (χ3v) is 3.51. The van der Waals surface area contributed by atoms with E-state index < -0.39 is 0 Å². The second-order valence-corrected chi connectivity index (χ2v) is 5.29. The fourth-order valence-corrected chi connectivity index (χ4v) is 2.10. The summed E-state index contributed by atoms with van der Waals surface area (Å²) in [5, 5.41) is 0. The van der Waals surface area contributed by atoms with Crippen LogP contribution in [0.15, 0.2) is 34.9 Å². The number of anilines is 2. The van der Waals surface area contributed by atoms with Gasteiger partial charge in [-0.1, -0.05) is 12.2 Å². The van der Waals surface area contributed by atoms with Gasteiger partial charge >= 0.3 is 0 Å². The predicted molar refractivity (Wildman–Crippen MR) is 86.7 cm³/mol. The number of methoxy groups -OCH3 is 1. The predicted octanol–water partition coefficient (Wildman–Crippen LogP) is 2.65. The van der Waals surface area contributed by atoms with E-state index in [2.05, 4.69) is 25.9 Å². The van der Waals surface area contributed by atoms with Crippen LogP contribution < -0.4 is 15.4 Å². The molecular formula is C13H13BrN4OS. The SMILES string of the molecule is COc1nc(N(C)c2ccc(C(N)=S)cc2)ncc1Br. The Labute approximate surface area is 130 Å². The number of rotatable bonds is 4. The fourth-order valence-electron chi connectivity index (χ4n) is 1.61. The molecule has 5 nitrogen and oxygen atoms in total. The molecule has 0 spiro atoms. The zero-order valence-electron chi connectivity index (χ0n) is 11.0. The van der Waals surface area contributed by atoms with Gasteiger partial charge in [0.1, 0.15) is 4.99 Å². The second kappa shape index (κ2) is 6.15. The zero-order chi connectivity index (χ0) is 14.7. The van der Waals surface area contributed by atoms with Gasteiger partial charge < -0.3 is 15.4 Å². The summed E-state index contributed by atoms with van der Waals surface area (Å²) in [5.74, 6) is 1.02. The number of halogens is 1. The van der Waals surface area contributed by atoms with Crippen LogP contribution in [0.5, 0.6) is 5.88 Å². The number of nitrogens with zero attached hydrogens (tertiary/aromatic N) is 3. The van der Waals surface area contributed by atoms with Crippen molar-refractivity contribution in [3.63, 3.8) is 0 Å². The van der Waals surface area contributed by atoms with Crippen LogP contribution in [0, 0.1) is 0 Å². The molecule has 0 aliphatic carbocycles. The number of hydrogen-bond donors (Lipinski definition) is 1. The highest BCUT2D eigenvalue weighted by Gasteiger charge is 2.11. The van der Waals surface area contributed by atoms with Crippen molar-refractivity contribution in [1.82, 2.24) is 9.97 Å². The van der Waals surface area contributed by atoms with Gasteiger partial charge in [0.15, 0.2) is 0 Å². The first kappa shape index (κ1) is 14.7. The van der Waals surface area contributed by atoms with Gasteiger partial charge in [-0.15, -0.1) is 0 Å². The molecule has 0 aliphatic heterocycles. The first-order valence-electron chi connectivity index (χ1n) is 5.73. The van der Waals surface area contributed by atoms with E-state index >= 15 is 0 Å². The third-order valence-electron chi connectivity index (χ3n) is 2.73. The van der Waals surface area contributed by atoms with E-state index in [1.54, 1.807) is 13.3 Å². The Balaban J connectivity index is 2.30. The van der Waals surface area contributed by atoms with Gasteiger partial charge in [-0.2, -0.15) is 4.98 Å². The summed E-state index contributed by atoms with van der Waals surface area (Å²) >= 11 is 8.25. The molecule has 7 heteroatoms. The number of thiocarbonyl (C=S) groups is 1. The van der Waals surface area contributed by atoms with Gasteiger partial charge in [0.2, 0.25) is 11.8 Å².